The number of benzene rings is 2. The molecule has 0 amide bonds. The van der Waals surface area contributed by atoms with Crippen LogP contribution in [0.15, 0.2) is 36.4 Å². The molecule has 8 nitrogen and oxygen atoms in total. The van der Waals surface area contributed by atoms with Crippen LogP contribution >= 0.6 is 11.6 Å². The van der Waals surface area contributed by atoms with Gasteiger partial charge in [0, 0.05) is 18.9 Å². The monoisotopic (exact) mass is 487 g/mol. The van der Waals surface area contributed by atoms with Crippen molar-refractivity contribution in [2.45, 2.75) is 31.9 Å². The Balaban J connectivity index is 2.17. The molecular weight excluding hydrogens is 471 g/mol. The standard InChI is InChI=1S/C21H17ClF3NO7/c1-32-20(29)10-13(27)3-2-4-18(28)15-11-14(6-7-17(15)26(30)31)33-19-8-5-12(9-16(19)22)21(23,24)25/h5-9,11H,2-4,10H2,1H3. The molecule has 0 atom stereocenters. The van der Waals surface area contributed by atoms with E-state index in [2.05, 4.69) is 4.74 Å². The Bertz CT molecular complexity index is 1090. The van der Waals surface area contributed by atoms with Gasteiger partial charge >= 0.3 is 12.1 Å². The fraction of sp³-hybridized carbons (Fsp3) is 0.286. The van der Waals surface area contributed by atoms with E-state index in [1.165, 1.54) is 6.07 Å². The molecule has 33 heavy (non-hydrogen) atoms. The van der Waals surface area contributed by atoms with E-state index in [0.29, 0.717) is 6.07 Å². The summed E-state index contributed by atoms with van der Waals surface area (Å²) in [5.74, 6) is -2.03. The number of ketones is 2. The maximum absolute atomic E-state index is 12.8. The van der Waals surface area contributed by atoms with Gasteiger partial charge < -0.3 is 9.47 Å². The van der Waals surface area contributed by atoms with Crippen molar-refractivity contribution in [2.24, 2.45) is 0 Å². The highest BCUT2D eigenvalue weighted by Crippen LogP contribution is 2.37. The Labute approximate surface area is 190 Å². The van der Waals surface area contributed by atoms with Gasteiger partial charge in [-0.1, -0.05) is 11.6 Å². The van der Waals surface area contributed by atoms with E-state index in [9.17, 15) is 37.7 Å². The van der Waals surface area contributed by atoms with Gasteiger partial charge in [0.15, 0.2) is 5.78 Å². The normalized spacial score (nSPS) is 11.1. The molecule has 0 aliphatic rings. The summed E-state index contributed by atoms with van der Waals surface area (Å²) >= 11 is 5.85. The minimum absolute atomic E-state index is 0.0433. The molecule has 0 aromatic heterocycles. The number of hydrogen-bond donors (Lipinski definition) is 0. The predicted molar refractivity (Wildman–Crippen MR) is 109 cm³/mol. The smallest absolute Gasteiger partial charge is 0.416 e. The third-order valence-corrected chi connectivity index (χ3v) is 4.68. The van der Waals surface area contributed by atoms with Crippen molar-refractivity contribution in [3.63, 3.8) is 0 Å². The summed E-state index contributed by atoms with van der Waals surface area (Å²) in [6.45, 7) is 0. The molecule has 0 spiro atoms. The van der Waals surface area contributed by atoms with Crippen molar-refractivity contribution in [3.05, 3.63) is 62.7 Å². The molecule has 12 heteroatoms. The van der Waals surface area contributed by atoms with Crippen molar-refractivity contribution in [3.8, 4) is 11.5 Å². The molecule has 0 bridgehead atoms. The number of alkyl halides is 3. The Hall–Kier alpha value is -3.47. The first-order chi connectivity index (χ1) is 15.4. The van der Waals surface area contributed by atoms with E-state index >= 15 is 0 Å². The number of carbonyl (C=O) groups is 3. The van der Waals surface area contributed by atoms with Gasteiger partial charge in [-0.2, -0.15) is 13.2 Å². The van der Waals surface area contributed by atoms with Crippen molar-refractivity contribution in [2.75, 3.05) is 7.11 Å². The molecule has 0 unspecified atom stereocenters. The fourth-order valence-corrected chi connectivity index (χ4v) is 2.97. The maximum Gasteiger partial charge on any atom is 0.416 e. The third-order valence-electron chi connectivity index (χ3n) is 4.38. The summed E-state index contributed by atoms with van der Waals surface area (Å²) in [5.41, 5.74) is -1.80. The summed E-state index contributed by atoms with van der Waals surface area (Å²) in [5, 5.41) is 11.0. The van der Waals surface area contributed by atoms with E-state index in [-0.39, 0.29) is 41.3 Å². The van der Waals surface area contributed by atoms with Gasteiger partial charge in [0.05, 0.1) is 28.2 Å². The minimum Gasteiger partial charge on any atom is -0.469 e. The van der Waals surface area contributed by atoms with Crippen LogP contribution in [0.5, 0.6) is 11.5 Å². The second-order valence-corrected chi connectivity index (χ2v) is 7.16. The molecule has 2 rings (SSSR count). The molecule has 0 aliphatic heterocycles. The molecule has 0 saturated heterocycles. The predicted octanol–water partition coefficient (Wildman–Crippen LogP) is 5.54. The largest absolute Gasteiger partial charge is 0.469 e. The maximum atomic E-state index is 12.8. The van der Waals surface area contributed by atoms with Crippen molar-refractivity contribution in [1.29, 1.82) is 0 Å². The molecule has 0 saturated carbocycles. The van der Waals surface area contributed by atoms with Crippen LogP contribution in [-0.2, 0) is 20.5 Å². The van der Waals surface area contributed by atoms with Gasteiger partial charge in [0.2, 0.25) is 0 Å². The fourth-order valence-electron chi connectivity index (χ4n) is 2.75. The van der Waals surface area contributed by atoms with Crippen molar-refractivity contribution in [1.82, 2.24) is 0 Å². The van der Waals surface area contributed by atoms with Crippen LogP contribution in [0.1, 0.15) is 41.6 Å². The molecule has 2 aromatic carbocycles. The second kappa shape index (κ2) is 10.9. The average Bonchev–Trinajstić information content (AvgIpc) is 2.73. The molecule has 0 heterocycles. The van der Waals surface area contributed by atoms with E-state index in [4.69, 9.17) is 16.3 Å². The highest BCUT2D eigenvalue weighted by molar-refractivity contribution is 6.32. The van der Waals surface area contributed by atoms with Crippen molar-refractivity contribution >= 4 is 34.8 Å². The first kappa shape index (κ1) is 25.8. The number of esters is 1. The van der Waals surface area contributed by atoms with Gasteiger partial charge in [0.25, 0.3) is 5.69 Å². The van der Waals surface area contributed by atoms with Gasteiger partial charge in [-0.25, -0.2) is 0 Å². The number of carbonyl (C=O) groups excluding carboxylic acids is 3. The molecule has 0 radical (unpaired) electrons. The number of ether oxygens (including phenoxy) is 2. The number of rotatable bonds is 10. The van der Waals surface area contributed by atoms with Gasteiger partial charge in [-0.15, -0.1) is 0 Å². The molecule has 0 aliphatic carbocycles. The van der Waals surface area contributed by atoms with Gasteiger partial charge in [-0.3, -0.25) is 24.5 Å². The van der Waals surface area contributed by atoms with E-state index < -0.39 is 46.3 Å². The lowest BCUT2D eigenvalue weighted by Crippen LogP contribution is -2.10. The van der Waals surface area contributed by atoms with Crippen LogP contribution in [0.3, 0.4) is 0 Å². The van der Waals surface area contributed by atoms with Crippen LogP contribution in [-0.4, -0.2) is 29.6 Å². The quantitative estimate of drug-likeness (QED) is 0.142. The zero-order valence-electron chi connectivity index (χ0n) is 17.1. The lowest BCUT2D eigenvalue weighted by atomic mass is 10.0. The van der Waals surface area contributed by atoms with Gasteiger partial charge in [-0.05, 0) is 36.8 Å². The van der Waals surface area contributed by atoms with Crippen LogP contribution in [0.25, 0.3) is 0 Å². The highest BCUT2D eigenvalue weighted by Gasteiger charge is 2.31. The third kappa shape index (κ3) is 7.28. The Morgan fingerprint density at radius 1 is 1.09 bits per heavy atom. The second-order valence-electron chi connectivity index (χ2n) is 6.75. The van der Waals surface area contributed by atoms with E-state index in [0.717, 1.165) is 31.4 Å². The van der Waals surface area contributed by atoms with Gasteiger partial charge in [0.1, 0.15) is 23.7 Å². The molecule has 0 fully saturated rings. The van der Waals surface area contributed by atoms with E-state index in [1.54, 1.807) is 0 Å². The summed E-state index contributed by atoms with van der Waals surface area (Å²) in [6, 6.07) is 5.67. The summed E-state index contributed by atoms with van der Waals surface area (Å²) in [6.07, 6.45) is -5.33. The summed E-state index contributed by atoms with van der Waals surface area (Å²) in [4.78, 5) is 45.8. The van der Waals surface area contributed by atoms with Crippen LogP contribution < -0.4 is 4.74 Å². The zero-order valence-corrected chi connectivity index (χ0v) is 17.9. The topological polar surface area (TPSA) is 113 Å². The highest BCUT2D eigenvalue weighted by atomic mass is 35.5. The number of nitrogens with zero attached hydrogens (tertiary/aromatic N) is 1. The number of nitro benzene ring substituents is 1. The number of Topliss-reactive ketones (excluding diaryl/α,β-unsaturated/α-hetero) is 2. The summed E-state index contributed by atoms with van der Waals surface area (Å²) in [7, 11) is 1.13. The van der Waals surface area contributed by atoms with Crippen LogP contribution in [0, 0.1) is 10.1 Å². The molecule has 176 valence electrons. The lowest BCUT2D eigenvalue weighted by molar-refractivity contribution is -0.385. The first-order valence-electron chi connectivity index (χ1n) is 9.37. The molecule has 0 N–H and O–H groups in total. The number of hydrogen-bond acceptors (Lipinski definition) is 7. The molecule has 2 aromatic rings. The Morgan fingerprint density at radius 3 is 2.36 bits per heavy atom. The number of methoxy groups -OCH3 is 1. The lowest BCUT2D eigenvalue weighted by Gasteiger charge is -2.12. The minimum atomic E-state index is -4.60. The first-order valence-corrected chi connectivity index (χ1v) is 9.75. The van der Waals surface area contributed by atoms with E-state index in [1.807, 2.05) is 0 Å². The number of halogens is 4. The Kier molecular flexibility index (Phi) is 8.52. The summed E-state index contributed by atoms with van der Waals surface area (Å²) < 4.78 is 48.1. The SMILES string of the molecule is COC(=O)CC(=O)CCCC(=O)c1cc(Oc2ccc(C(F)(F)F)cc2Cl)ccc1[N+](=O)[O-]. The van der Waals surface area contributed by atoms with Crippen molar-refractivity contribution < 1.29 is 42.0 Å². The average molecular weight is 488 g/mol. The van der Waals surface area contributed by atoms with Crippen LogP contribution in [0.4, 0.5) is 18.9 Å². The van der Waals surface area contributed by atoms with Crippen LogP contribution in [0.2, 0.25) is 5.02 Å². The zero-order chi connectivity index (χ0) is 24.8. The number of nitro groups is 1. The Morgan fingerprint density at radius 2 is 1.79 bits per heavy atom. The molecular formula is C21H17ClF3NO7.